The zero-order chi connectivity index (χ0) is 14.7. The molecule has 2 aromatic rings. The molecule has 1 amide bonds. The van der Waals surface area contributed by atoms with Gasteiger partial charge in [0.05, 0.1) is 17.4 Å². The Balaban J connectivity index is 2.17. The standard InChI is InChI=1S/C15H22N4O/c1-11-7-13-14(8-12(11)2)19(10-17-13)9-15(20)18(3)6-4-5-16/h7-8,10H,4-6,9,16H2,1-3H3. The van der Waals surface area contributed by atoms with E-state index in [0.717, 1.165) is 17.5 Å². The summed E-state index contributed by atoms with van der Waals surface area (Å²) in [5, 5.41) is 0. The fraction of sp³-hybridized carbons (Fsp3) is 0.467. The van der Waals surface area contributed by atoms with Gasteiger partial charge < -0.3 is 15.2 Å². The molecule has 0 fully saturated rings. The van der Waals surface area contributed by atoms with Crippen LogP contribution < -0.4 is 5.73 Å². The van der Waals surface area contributed by atoms with E-state index in [1.54, 1.807) is 11.2 Å². The van der Waals surface area contributed by atoms with Gasteiger partial charge in [-0.1, -0.05) is 0 Å². The highest BCUT2D eigenvalue weighted by molar-refractivity contribution is 5.81. The highest BCUT2D eigenvalue weighted by Gasteiger charge is 2.12. The van der Waals surface area contributed by atoms with E-state index in [-0.39, 0.29) is 5.91 Å². The Morgan fingerprint density at radius 3 is 2.75 bits per heavy atom. The SMILES string of the molecule is Cc1cc2ncn(CC(=O)N(C)CCCN)c2cc1C. The van der Waals surface area contributed by atoms with E-state index in [9.17, 15) is 4.79 Å². The number of likely N-dealkylation sites (N-methyl/N-ethyl adjacent to an activating group) is 1. The van der Waals surface area contributed by atoms with Crippen molar-refractivity contribution in [3.63, 3.8) is 0 Å². The number of carbonyl (C=O) groups is 1. The van der Waals surface area contributed by atoms with Crippen LogP contribution in [0.5, 0.6) is 0 Å². The van der Waals surface area contributed by atoms with Crippen LogP contribution in [0.4, 0.5) is 0 Å². The van der Waals surface area contributed by atoms with Crippen molar-refractivity contribution in [2.24, 2.45) is 5.73 Å². The third-order valence-corrected chi connectivity index (χ3v) is 3.67. The normalized spacial score (nSPS) is 11.0. The maximum absolute atomic E-state index is 12.1. The molecule has 0 radical (unpaired) electrons. The fourth-order valence-electron chi connectivity index (χ4n) is 2.16. The number of rotatable bonds is 5. The maximum atomic E-state index is 12.1. The van der Waals surface area contributed by atoms with Gasteiger partial charge >= 0.3 is 0 Å². The Hall–Kier alpha value is -1.88. The van der Waals surface area contributed by atoms with E-state index >= 15 is 0 Å². The predicted octanol–water partition coefficient (Wildman–Crippen LogP) is 1.46. The fourth-order valence-corrected chi connectivity index (χ4v) is 2.16. The minimum absolute atomic E-state index is 0.0796. The summed E-state index contributed by atoms with van der Waals surface area (Å²) in [7, 11) is 1.81. The number of nitrogens with zero attached hydrogens (tertiary/aromatic N) is 3. The summed E-state index contributed by atoms with van der Waals surface area (Å²) in [5.74, 6) is 0.0796. The molecule has 0 saturated carbocycles. The highest BCUT2D eigenvalue weighted by atomic mass is 16.2. The van der Waals surface area contributed by atoms with Crippen LogP contribution in [0.3, 0.4) is 0 Å². The largest absolute Gasteiger partial charge is 0.344 e. The highest BCUT2D eigenvalue weighted by Crippen LogP contribution is 2.18. The quantitative estimate of drug-likeness (QED) is 0.897. The molecule has 2 N–H and O–H groups in total. The maximum Gasteiger partial charge on any atom is 0.242 e. The lowest BCUT2D eigenvalue weighted by molar-refractivity contribution is -0.130. The third kappa shape index (κ3) is 2.99. The molecular weight excluding hydrogens is 252 g/mol. The molecule has 108 valence electrons. The number of amides is 1. The minimum Gasteiger partial charge on any atom is -0.344 e. The van der Waals surface area contributed by atoms with Crippen molar-refractivity contribution >= 4 is 16.9 Å². The summed E-state index contributed by atoms with van der Waals surface area (Å²) in [6, 6.07) is 4.15. The first-order valence-corrected chi connectivity index (χ1v) is 6.89. The van der Waals surface area contributed by atoms with Gasteiger partial charge in [0, 0.05) is 13.6 Å². The number of aryl methyl sites for hydroxylation is 2. The first kappa shape index (κ1) is 14.5. The number of imidazole rings is 1. The van der Waals surface area contributed by atoms with Crippen LogP contribution in [0.1, 0.15) is 17.5 Å². The molecule has 20 heavy (non-hydrogen) atoms. The molecule has 0 aliphatic heterocycles. The molecule has 0 bridgehead atoms. The van der Waals surface area contributed by atoms with Crippen LogP contribution in [-0.4, -0.2) is 40.5 Å². The van der Waals surface area contributed by atoms with Gasteiger partial charge in [0.1, 0.15) is 6.54 Å². The number of hydrogen-bond donors (Lipinski definition) is 1. The molecular formula is C15H22N4O. The van der Waals surface area contributed by atoms with Crippen molar-refractivity contribution in [3.8, 4) is 0 Å². The minimum atomic E-state index is 0.0796. The Labute approximate surface area is 119 Å². The number of hydrogen-bond acceptors (Lipinski definition) is 3. The van der Waals surface area contributed by atoms with Crippen LogP contribution in [-0.2, 0) is 11.3 Å². The zero-order valence-corrected chi connectivity index (χ0v) is 12.4. The second-order valence-electron chi connectivity index (χ2n) is 5.26. The molecule has 1 aromatic heterocycles. The van der Waals surface area contributed by atoms with E-state index < -0.39 is 0 Å². The van der Waals surface area contributed by atoms with Gasteiger partial charge in [-0.2, -0.15) is 0 Å². The average Bonchev–Trinajstić information content (AvgIpc) is 2.79. The molecule has 5 nitrogen and oxygen atoms in total. The topological polar surface area (TPSA) is 64.2 Å². The summed E-state index contributed by atoms with van der Waals surface area (Å²) in [5.41, 5.74) is 9.84. The first-order valence-electron chi connectivity index (χ1n) is 6.89. The van der Waals surface area contributed by atoms with Gasteiger partial charge in [-0.3, -0.25) is 4.79 Å². The van der Waals surface area contributed by atoms with Gasteiger partial charge in [-0.25, -0.2) is 4.98 Å². The summed E-state index contributed by atoms with van der Waals surface area (Å²) >= 11 is 0. The van der Waals surface area contributed by atoms with E-state index in [4.69, 9.17) is 5.73 Å². The van der Waals surface area contributed by atoms with Crippen LogP contribution in [0, 0.1) is 13.8 Å². The van der Waals surface area contributed by atoms with Gasteiger partial charge in [0.15, 0.2) is 0 Å². The summed E-state index contributed by atoms with van der Waals surface area (Å²) < 4.78 is 1.91. The van der Waals surface area contributed by atoms with Crippen molar-refractivity contribution in [1.29, 1.82) is 0 Å². The average molecular weight is 274 g/mol. The second kappa shape index (κ2) is 6.05. The molecule has 0 atom stereocenters. The summed E-state index contributed by atoms with van der Waals surface area (Å²) in [6.07, 6.45) is 2.56. The lowest BCUT2D eigenvalue weighted by Crippen LogP contribution is -2.31. The van der Waals surface area contributed by atoms with Crippen molar-refractivity contribution in [2.75, 3.05) is 20.1 Å². The van der Waals surface area contributed by atoms with Crippen molar-refractivity contribution in [3.05, 3.63) is 29.6 Å². The number of fused-ring (bicyclic) bond motifs is 1. The zero-order valence-electron chi connectivity index (χ0n) is 12.4. The summed E-state index contributed by atoms with van der Waals surface area (Å²) in [6.45, 7) is 5.76. The van der Waals surface area contributed by atoms with Gasteiger partial charge in [-0.15, -0.1) is 0 Å². The Kier molecular flexibility index (Phi) is 4.39. The van der Waals surface area contributed by atoms with Crippen LogP contribution >= 0.6 is 0 Å². The number of aromatic nitrogens is 2. The Morgan fingerprint density at radius 1 is 1.35 bits per heavy atom. The predicted molar refractivity (Wildman–Crippen MR) is 80.5 cm³/mol. The van der Waals surface area contributed by atoms with Gasteiger partial charge in [0.25, 0.3) is 0 Å². The number of nitrogens with two attached hydrogens (primary N) is 1. The molecule has 0 saturated heterocycles. The monoisotopic (exact) mass is 274 g/mol. The molecule has 0 unspecified atom stereocenters. The van der Waals surface area contributed by atoms with Crippen LogP contribution in [0.2, 0.25) is 0 Å². The van der Waals surface area contributed by atoms with Gasteiger partial charge in [0.2, 0.25) is 5.91 Å². The van der Waals surface area contributed by atoms with Crippen LogP contribution in [0.25, 0.3) is 11.0 Å². The number of carbonyl (C=O) groups excluding carboxylic acids is 1. The third-order valence-electron chi connectivity index (χ3n) is 3.67. The lowest BCUT2D eigenvalue weighted by atomic mass is 10.1. The second-order valence-corrected chi connectivity index (χ2v) is 5.26. The number of benzene rings is 1. The van der Waals surface area contributed by atoms with E-state index in [0.29, 0.717) is 19.6 Å². The molecule has 0 aliphatic carbocycles. The first-order chi connectivity index (χ1) is 9.52. The molecule has 0 aliphatic rings. The molecule has 1 heterocycles. The molecule has 0 spiro atoms. The molecule has 2 rings (SSSR count). The Morgan fingerprint density at radius 2 is 2.05 bits per heavy atom. The van der Waals surface area contributed by atoms with Crippen molar-refractivity contribution < 1.29 is 4.79 Å². The smallest absolute Gasteiger partial charge is 0.242 e. The van der Waals surface area contributed by atoms with Crippen molar-refractivity contribution in [1.82, 2.24) is 14.5 Å². The van der Waals surface area contributed by atoms with Gasteiger partial charge in [-0.05, 0) is 50.1 Å². The van der Waals surface area contributed by atoms with Crippen LogP contribution in [0.15, 0.2) is 18.5 Å². The summed E-state index contributed by atoms with van der Waals surface area (Å²) in [4.78, 5) is 18.2. The molecule has 5 heteroatoms. The van der Waals surface area contributed by atoms with E-state index in [1.807, 2.05) is 11.6 Å². The van der Waals surface area contributed by atoms with Crippen molar-refractivity contribution in [2.45, 2.75) is 26.8 Å². The van der Waals surface area contributed by atoms with E-state index in [2.05, 4.69) is 31.0 Å². The lowest BCUT2D eigenvalue weighted by Gasteiger charge is -2.17. The Bertz CT molecular complexity index is 618. The van der Waals surface area contributed by atoms with E-state index in [1.165, 1.54) is 11.1 Å². The molecule has 1 aromatic carbocycles.